The summed E-state index contributed by atoms with van der Waals surface area (Å²) in [7, 11) is 1.72. The van der Waals surface area contributed by atoms with Crippen molar-refractivity contribution >= 4 is 10.9 Å². The Labute approximate surface area is 178 Å². The highest BCUT2D eigenvalue weighted by Gasteiger charge is 2.28. The third-order valence-corrected chi connectivity index (χ3v) is 5.48. The number of hydrogen-bond donors (Lipinski definition) is 1. The lowest BCUT2D eigenvalue weighted by Gasteiger charge is -2.36. The van der Waals surface area contributed by atoms with E-state index >= 15 is 0 Å². The second-order valence-electron chi connectivity index (χ2n) is 8.57. The third kappa shape index (κ3) is 4.67. The van der Waals surface area contributed by atoms with Gasteiger partial charge in [0.25, 0.3) is 0 Å². The summed E-state index contributed by atoms with van der Waals surface area (Å²) < 4.78 is 19.8. The van der Waals surface area contributed by atoms with Gasteiger partial charge in [-0.3, -0.25) is 4.98 Å². The minimum Gasteiger partial charge on any atom is -0.490 e. The van der Waals surface area contributed by atoms with Crippen LogP contribution in [0.15, 0.2) is 42.9 Å². The molecule has 4 rings (SSSR count). The first-order valence-electron chi connectivity index (χ1n) is 10.5. The van der Waals surface area contributed by atoms with Crippen molar-refractivity contribution in [3.8, 4) is 16.9 Å². The van der Waals surface area contributed by atoms with Crippen LogP contribution in [-0.2, 0) is 16.0 Å². The SMILES string of the molecule is COCCn1ccc(-c2cc(OC[C@@H]3CNCC(C)(C)O3)c3c(C)ccnc3c2)c1. The number of aryl methyl sites for hydroxylation is 1. The van der Waals surface area contributed by atoms with Crippen molar-refractivity contribution in [1.29, 1.82) is 0 Å². The Balaban J connectivity index is 1.63. The van der Waals surface area contributed by atoms with Crippen molar-refractivity contribution in [3.63, 3.8) is 0 Å². The minimum atomic E-state index is -0.182. The normalized spacial score (nSPS) is 18.6. The van der Waals surface area contributed by atoms with E-state index in [1.54, 1.807) is 7.11 Å². The van der Waals surface area contributed by atoms with Crippen molar-refractivity contribution in [3.05, 3.63) is 48.4 Å². The standard InChI is InChI=1S/C24H31N3O3/c1-17-5-7-26-21-11-19(18-6-8-27(14-18)9-10-28-4)12-22(23(17)21)29-15-20-13-25-16-24(2,3)30-20/h5-8,11-12,14,20,25H,9-10,13,15-16H2,1-4H3/t20-/m0/s1. The Bertz CT molecular complexity index is 1010. The quantitative estimate of drug-likeness (QED) is 0.643. The zero-order valence-corrected chi connectivity index (χ0v) is 18.3. The first-order chi connectivity index (χ1) is 14.4. The van der Waals surface area contributed by atoms with Gasteiger partial charge in [0.2, 0.25) is 0 Å². The van der Waals surface area contributed by atoms with Crippen LogP contribution in [0.1, 0.15) is 19.4 Å². The van der Waals surface area contributed by atoms with Crippen LogP contribution in [0.5, 0.6) is 5.75 Å². The van der Waals surface area contributed by atoms with E-state index in [-0.39, 0.29) is 11.7 Å². The molecule has 160 valence electrons. The predicted octanol–water partition coefficient (Wildman–Crippen LogP) is 3.80. The number of benzene rings is 1. The molecule has 2 aromatic heterocycles. The van der Waals surface area contributed by atoms with Crippen LogP contribution in [0.25, 0.3) is 22.0 Å². The van der Waals surface area contributed by atoms with E-state index in [1.165, 1.54) is 0 Å². The van der Waals surface area contributed by atoms with E-state index in [4.69, 9.17) is 14.2 Å². The summed E-state index contributed by atoms with van der Waals surface area (Å²) in [6, 6.07) is 8.40. The highest BCUT2D eigenvalue weighted by molar-refractivity contribution is 5.92. The Hall–Kier alpha value is -2.41. The molecule has 0 aliphatic carbocycles. The maximum atomic E-state index is 6.33. The molecule has 1 aromatic carbocycles. The fourth-order valence-electron chi connectivity index (χ4n) is 3.98. The summed E-state index contributed by atoms with van der Waals surface area (Å²) in [5.74, 6) is 0.852. The van der Waals surface area contributed by atoms with Gasteiger partial charge in [0, 0.05) is 50.7 Å². The first-order valence-corrected chi connectivity index (χ1v) is 10.5. The van der Waals surface area contributed by atoms with Crippen molar-refractivity contribution in [1.82, 2.24) is 14.9 Å². The number of morpholine rings is 1. The molecule has 6 nitrogen and oxygen atoms in total. The monoisotopic (exact) mass is 409 g/mol. The van der Waals surface area contributed by atoms with Crippen LogP contribution >= 0.6 is 0 Å². The van der Waals surface area contributed by atoms with Crippen molar-refractivity contribution in [2.45, 2.75) is 39.0 Å². The lowest BCUT2D eigenvalue weighted by molar-refractivity contribution is -0.106. The number of rotatable bonds is 7. The Morgan fingerprint density at radius 2 is 2.13 bits per heavy atom. The van der Waals surface area contributed by atoms with Gasteiger partial charge in [-0.15, -0.1) is 0 Å². The number of pyridine rings is 1. The highest BCUT2D eigenvalue weighted by atomic mass is 16.5. The molecule has 3 heterocycles. The van der Waals surface area contributed by atoms with E-state index in [9.17, 15) is 0 Å². The van der Waals surface area contributed by atoms with E-state index in [1.807, 2.05) is 12.3 Å². The van der Waals surface area contributed by atoms with E-state index in [2.05, 4.69) is 66.2 Å². The molecular formula is C24H31N3O3. The number of methoxy groups -OCH3 is 1. The van der Waals surface area contributed by atoms with Gasteiger partial charge >= 0.3 is 0 Å². The molecule has 0 radical (unpaired) electrons. The average molecular weight is 410 g/mol. The summed E-state index contributed by atoms with van der Waals surface area (Å²) in [5, 5.41) is 4.49. The molecule has 0 bridgehead atoms. The summed E-state index contributed by atoms with van der Waals surface area (Å²) >= 11 is 0. The maximum absolute atomic E-state index is 6.33. The first kappa shape index (κ1) is 20.8. The topological polar surface area (TPSA) is 57.5 Å². The van der Waals surface area contributed by atoms with E-state index < -0.39 is 0 Å². The number of nitrogens with zero attached hydrogens (tertiary/aromatic N) is 2. The average Bonchev–Trinajstić information content (AvgIpc) is 3.19. The second-order valence-corrected chi connectivity index (χ2v) is 8.57. The van der Waals surface area contributed by atoms with Crippen LogP contribution in [-0.4, -0.2) is 54.7 Å². The number of fused-ring (bicyclic) bond motifs is 1. The van der Waals surface area contributed by atoms with Crippen molar-refractivity contribution in [2.24, 2.45) is 0 Å². The van der Waals surface area contributed by atoms with Crippen LogP contribution in [0.3, 0.4) is 0 Å². The molecular weight excluding hydrogens is 378 g/mol. The van der Waals surface area contributed by atoms with Gasteiger partial charge in [0.05, 0.1) is 17.7 Å². The van der Waals surface area contributed by atoms with Gasteiger partial charge in [0.1, 0.15) is 18.5 Å². The van der Waals surface area contributed by atoms with E-state index in [0.29, 0.717) is 13.2 Å². The zero-order valence-electron chi connectivity index (χ0n) is 18.3. The molecule has 1 aliphatic heterocycles. The Morgan fingerprint density at radius 1 is 1.27 bits per heavy atom. The predicted molar refractivity (Wildman–Crippen MR) is 119 cm³/mol. The van der Waals surface area contributed by atoms with Crippen molar-refractivity contribution < 1.29 is 14.2 Å². The van der Waals surface area contributed by atoms with Crippen LogP contribution < -0.4 is 10.1 Å². The highest BCUT2D eigenvalue weighted by Crippen LogP contribution is 2.34. The molecule has 1 saturated heterocycles. The van der Waals surface area contributed by atoms with Gasteiger partial charge in [-0.2, -0.15) is 0 Å². The van der Waals surface area contributed by atoms with Crippen LogP contribution in [0, 0.1) is 6.92 Å². The number of aromatic nitrogens is 2. The molecule has 0 saturated carbocycles. The molecule has 1 aliphatic rings. The van der Waals surface area contributed by atoms with Gasteiger partial charge in [-0.25, -0.2) is 0 Å². The largest absolute Gasteiger partial charge is 0.490 e. The van der Waals surface area contributed by atoms with Gasteiger partial charge in [0.15, 0.2) is 0 Å². The van der Waals surface area contributed by atoms with Crippen LogP contribution in [0.2, 0.25) is 0 Å². The third-order valence-electron chi connectivity index (χ3n) is 5.48. The van der Waals surface area contributed by atoms with Gasteiger partial charge < -0.3 is 24.1 Å². The fraction of sp³-hybridized carbons (Fsp3) is 0.458. The zero-order chi connectivity index (χ0) is 21.1. The van der Waals surface area contributed by atoms with Crippen molar-refractivity contribution in [2.75, 3.05) is 33.4 Å². The molecule has 0 spiro atoms. The van der Waals surface area contributed by atoms with Gasteiger partial charge in [-0.1, -0.05) is 0 Å². The van der Waals surface area contributed by atoms with E-state index in [0.717, 1.165) is 53.0 Å². The summed E-state index contributed by atoms with van der Waals surface area (Å²) in [4.78, 5) is 4.61. The minimum absolute atomic E-state index is 0.0135. The second kappa shape index (κ2) is 8.76. The van der Waals surface area contributed by atoms with Crippen LogP contribution in [0.4, 0.5) is 0 Å². The number of hydrogen-bond acceptors (Lipinski definition) is 5. The molecule has 30 heavy (non-hydrogen) atoms. The molecule has 1 fully saturated rings. The summed E-state index contributed by atoms with van der Waals surface area (Å²) in [6.45, 7) is 9.96. The summed E-state index contributed by atoms with van der Waals surface area (Å²) in [6.07, 6.45) is 6.08. The Kier molecular flexibility index (Phi) is 6.09. The lowest BCUT2D eigenvalue weighted by Crippen LogP contribution is -2.52. The lowest BCUT2D eigenvalue weighted by atomic mass is 10.0. The number of ether oxygens (including phenoxy) is 3. The molecule has 0 amide bonds. The maximum Gasteiger partial charge on any atom is 0.129 e. The number of nitrogens with one attached hydrogen (secondary N) is 1. The molecule has 0 unspecified atom stereocenters. The fourth-order valence-corrected chi connectivity index (χ4v) is 3.98. The molecule has 1 N–H and O–H groups in total. The molecule has 3 aromatic rings. The molecule has 6 heteroatoms. The molecule has 1 atom stereocenters. The summed E-state index contributed by atoms with van der Waals surface area (Å²) in [5.41, 5.74) is 4.14. The smallest absolute Gasteiger partial charge is 0.129 e. The van der Waals surface area contributed by atoms with Gasteiger partial charge in [-0.05, 0) is 61.7 Å². The Morgan fingerprint density at radius 3 is 2.93 bits per heavy atom.